The molecule has 1 N–H and O–H groups in total. The molecule has 0 atom stereocenters. The molecule has 0 aliphatic heterocycles. The predicted octanol–water partition coefficient (Wildman–Crippen LogP) is 3.44. The summed E-state index contributed by atoms with van der Waals surface area (Å²) in [6, 6.07) is 5.99. The molecule has 0 spiro atoms. The van der Waals surface area contributed by atoms with E-state index in [-0.39, 0.29) is 0 Å². The first-order valence-corrected chi connectivity index (χ1v) is 5.84. The maximum atomic E-state index is 5.90. The molecule has 0 heterocycles. The van der Waals surface area contributed by atoms with Crippen LogP contribution in [-0.4, -0.2) is 6.54 Å². The van der Waals surface area contributed by atoms with E-state index < -0.39 is 0 Å². The third kappa shape index (κ3) is 3.83. The molecule has 1 aromatic rings. The summed E-state index contributed by atoms with van der Waals surface area (Å²) < 4.78 is 1.27. The van der Waals surface area contributed by atoms with Gasteiger partial charge in [-0.1, -0.05) is 18.5 Å². The van der Waals surface area contributed by atoms with Crippen molar-refractivity contribution in [2.45, 2.75) is 19.9 Å². The maximum Gasteiger partial charge on any atom is 0.0409 e. The van der Waals surface area contributed by atoms with Crippen molar-refractivity contribution in [2.24, 2.45) is 0 Å². The van der Waals surface area contributed by atoms with Gasteiger partial charge in [0.2, 0.25) is 0 Å². The second kappa shape index (κ2) is 5.83. The first-order chi connectivity index (χ1) is 6.24. The zero-order valence-electron chi connectivity index (χ0n) is 7.61. The Bertz CT molecular complexity index is 276. The monoisotopic (exact) mass is 309 g/mol. The van der Waals surface area contributed by atoms with Crippen molar-refractivity contribution in [3.8, 4) is 0 Å². The van der Waals surface area contributed by atoms with E-state index >= 15 is 0 Å². The Morgan fingerprint density at radius 3 is 2.92 bits per heavy atom. The molecule has 72 valence electrons. The minimum Gasteiger partial charge on any atom is -0.313 e. The van der Waals surface area contributed by atoms with Crippen molar-refractivity contribution in [1.82, 2.24) is 5.32 Å². The lowest BCUT2D eigenvalue weighted by molar-refractivity contribution is 0.674. The Kier molecular flexibility index (Phi) is 5.06. The van der Waals surface area contributed by atoms with Crippen LogP contribution in [0.2, 0.25) is 5.02 Å². The molecule has 1 rings (SSSR count). The van der Waals surface area contributed by atoms with Crippen LogP contribution in [-0.2, 0) is 6.54 Å². The standard InChI is InChI=1S/C10H13ClIN/c1-2-5-13-7-8-6-9(11)3-4-10(8)12/h3-4,6,13H,2,5,7H2,1H3. The third-order valence-corrected chi connectivity index (χ3v) is 3.04. The highest BCUT2D eigenvalue weighted by Gasteiger charge is 1.99. The van der Waals surface area contributed by atoms with Gasteiger partial charge in [-0.3, -0.25) is 0 Å². The fourth-order valence-electron chi connectivity index (χ4n) is 1.08. The van der Waals surface area contributed by atoms with Gasteiger partial charge in [-0.15, -0.1) is 0 Å². The van der Waals surface area contributed by atoms with E-state index in [1.165, 1.54) is 9.13 Å². The molecule has 0 aliphatic carbocycles. The van der Waals surface area contributed by atoms with Crippen molar-refractivity contribution in [2.75, 3.05) is 6.54 Å². The van der Waals surface area contributed by atoms with E-state index in [2.05, 4.69) is 34.8 Å². The van der Waals surface area contributed by atoms with Crippen molar-refractivity contribution < 1.29 is 0 Å². The van der Waals surface area contributed by atoms with Gasteiger partial charge in [-0.05, 0) is 59.3 Å². The third-order valence-electron chi connectivity index (χ3n) is 1.75. The molecule has 0 unspecified atom stereocenters. The van der Waals surface area contributed by atoms with Crippen molar-refractivity contribution in [3.05, 3.63) is 32.4 Å². The van der Waals surface area contributed by atoms with Crippen LogP contribution in [0.4, 0.5) is 0 Å². The van der Waals surface area contributed by atoms with E-state index in [1.807, 2.05) is 18.2 Å². The van der Waals surface area contributed by atoms with E-state index in [0.717, 1.165) is 24.5 Å². The molecule has 1 aromatic carbocycles. The second-order valence-corrected chi connectivity index (χ2v) is 4.51. The smallest absolute Gasteiger partial charge is 0.0409 e. The largest absolute Gasteiger partial charge is 0.313 e. The molecule has 0 radical (unpaired) electrons. The molecule has 0 amide bonds. The van der Waals surface area contributed by atoms with Gasteiger partial charge in [-0.25, -0.2) is 0 Å². The Morgan fingerprint density at radius 2 is 2.23 bits per heavy atom. The highest BCUT2D eigenvalue weighted by Crippen LogP contribution is 2.17. The Balaban J connectivity index is 2.59. The molecule has 0 bridgehead atoms. The summed E-state index contributed by atoms with van der Waals surface area (Å²) >= 11 is 8.23. The highest BCUT2D eigenvalue weighted by atomic mass is 127. The summed E-state index contributed by atoms with van der Waals surface area (Å²) in [4.78, 5) is 0. The number of hydrogen-bond acceptors (Lipinski definition) is 1. The molecular formula is C10H13ClIN. The van der Waals surface area contributed by atoms with Crippen molar-refractivity contribution in [3.63, 3.8) is 0 Å². The summed E-state index contributed by atoms with van der Waals surface area (Å²) in [6.07, 6.45) is 1.16. The van der Waals surface area contributed by atoms with E-state index in [0.29, 0.717) is 0 Å². The minimum atomic E-state index is 0.814. The molecule has 0 aromatic heterocycles. The maximum absolute atomic E-state index is 5.90. The number of nitrogens with one attached hydrogen (secondary N) is 1. The lowest BCUT2D eigenvalue weighted by atomic mass is 10.2. The first-order valence-electron chi connectivity index (χ1n) is 4.38. The lowest BCUT2D eigenvalue weighted by Gasteiger charge is -2.05. The average Bonchev–Trinajstić information content (AvgIpc) is 2.11. The van der Waals surface area contributed by atoms with Crippen LogP contribution in [0.25, 0.3) is 0 Å². The van der Waals surface area contributed by atoms with Crippen molar-refractivity contribution >= 4 is 34.2 Å². The van der Waals surface area contributed by atoms with Crippen LogP contribution < -0.4 is 5.32 Å². The van der Waals surface area contributed by atoms with Gasteiger partial charge in [0.05, 0.1) is 0 Å². The van der Waals surface area contributed by atoms with Crippen LogP contribution in [0.3, 0.4) is 0 Å². The van der Waals surface area contributed by atoms with E-state index in [1.54, 1.807) is 0 Å². The average molecular weight is 310 g/mol. The van der Waals surface area contributed by atoms with Crippen LogP contribution >= 0.6 is 34.2 Å². The number of benzene rings is 1. The topological polar surface area (TPSA) is 12.0 Å². The summed E-state index contributed by atoms with van der Waals surface area (Å²) in [5, 5.41) is 4.17. The van der Waals surface area contributed by atoms with Crippen molar-refractivity contribution in [1.29, 1.82) is 0 Å². The molecule has 0 saturated heterocycles. The molecule has 0 saturated carbocycles. The number of rotatable bonds is 4. The van der Waals surface area contributed by atoms with E-state index in [9.17, 15) is 0 Å². The van der Waals surface area contributed by atoms with Gasteiger partial charge in [0.15, 0.2) is 0 Å². The highest BCUT2D eigenvalue weighted by molar-refractivity contribution is 14.1. The van der Waals surface area contributed by atoms with Gasteiger partial charge >= 0.3 is 0 Å². The second-order valence-electron chi connectivity index (χ2n) is 2.91. The van der Waals surface area contributed by atoms with Gasteiger partial charge in [0.1, 0.15) is 0 Å². The molecule has 3 heteroatoms. The summed E-state index contributed by atoms with van der Waals surface area (Å²) in [5.41, 5.74) is 1.28. The fourth-order valence-corrected chi connectivity index (χ4v) is 1.80. The summed E-state index contributed by atoms with van der Waals surface area (Å²) in [6.45, 7) is 4.13. The van der Waals surface area contributed by atoms with Gasteiger partial charge in [-0.2, -0.15) is 0 Å². The molecule has 1 nitrogen and oxygen atoms in total. The molecule has 13 heavy (non-hydrogen) atoms. The minimum absolute atomic E-state index is 0.814. The van der Waals surface area contributed by atoms with Crippen LogP contribution in [0.15, 0.2) is 18.2 Å². The van der Waals surface area contributed by atoms with Crippen LogP contribution in [0.1, 0.15) is 18.9 Å². The van der Waals surface area contributed by atoms with Gasteiger partial charge in [0.25, 0.3) is 0 Å². The van der Waals surface area contributed by atoms with Gasteiger partial charge < -0.3 is 5.32 Å². The zero-order chi connectivity index (χ0) is 9.68. The normalized spacial score (nSPS) is 10.4. The molecule has 0 fully saturated rings. The zero-order valence-corrected chi connectivity index (χ0v) is 10.5. The predicted molar refractivity (Wildman–Crippen MR) is 66.2 cm³/mol. The summed E-state index contributed by atoms with van der Waals surface area (Å²) in [5.74, 6) is 0. The van der Waals surface area contributed by atoms with Gasteiger partial charge in [0, 0.05) is 15.1 Å². The Hall–Kier alpha value is 0.200. The number of hydrogen-bond donors (Lipinski definition) is 1. The Labute approximate surface area is 98.0 Å². The Morgan fingerprint density at radius 1 is 1.46 bits per heavy atom. The van der Waals surface area contributed by atoms with E-state index in [4.69, 9.17) is 11.6 Å². The summed E-state index contributed by atoms with van der Waals surface area (Å²) in [7, 11) is 0. The van der Waals surface area contributed by atoms with Crippen LogP contribution in [0, 0.1) is 3.57 Å². The number of halogens is 2. The molecule has 0 aliphatic rings. The SMILES string of the molecule is CCCNCc1cc(Cl)ccc1I. The molecular weight excluding hydrogens is 296 g/mol. The lowest BCUT2D eigenvalue weighted by Crippen LogP contribution is -2.14. The van der Waals surface area contributed by atoms with Crippen LogP contribution in [0.5, 0.6) is 0 Å². The quantitative estimate of drug-likeness (QED) is 0.663. The fraction of sp³-hybridized carbons (Fsp3) is 0.400. The first kappa shape index (κ1) is 11.3.